The summed E-state index contributed by atoms with van der Waals surface area (Å²) in [6.45, 7) is 4.51. The number of unbranched alkanes of at least 4 members (excludes halogenated alkanes) is 1. The highest BCUT2D eigenvalue weighted by Crippen LogP contribution is 2.35. The van der Waals surface area contributed by atoms with Gasteiger partial charge in [-0.1, -0.05) is 61.4 Å². The average molecular weight is 821 g/mol. The van der Waals surface area contributed by atoms with Crippen LogP contribution in [0.15, 0.2) is 103 Å². The highest BCUT2D eigenvalue weighted by Gasteiger charge is 2.21. The van der Waals surface area contributed by atoms with Crippen LogP contribution in [0.3, 0.4) is 0 Å². The van der Waals surface area contributed by atoms with E-state index >= 15 is 0 Å². The highest BCUT2D eigenvalue weighted by molar-refractivity contribution is 6.07. The molecule has 0 saturated carbocycles. The Kier molecular flexibility index (Phi) is 14.8. The monoisotopic (exact) mass is 820 g/mol. The summed E-state index contributed by atoms with van der Waals surface area (Å²) in [6.07, 6.45) is 2.79. The Labute approximate surface area is 346 Å². The quantitative estimate of drug-likeness (QED) is 0.0592. The number of aryl methyl sites for hydroxylation is 2. The molecule has 15 heteroatoms. The van der Waals surface area contributed by atoms with Crippen molar-refractivity contribution >= 4 is 45.8 Å². The van der Waals surface area contributed by atoms with E-state index in [9.17, 15) is 23.2 Å². The van der Waals surface area contributed by atoms with E-state index in [4.69, 9.17) is 24.0 Å². The lowest BCUT2D eigenvalue weighted by Gasteiger charge is -2.15. The number of methoxy groups -OCH3 is 1. The van der Waals surface area contributed by atoms with Crippen molar-refractivity contribution in [2.24, 2.45) is 0 Å². The summed E-state index contributed by atoms with van der Waals surface area (Å²) in [4.78, 5) is 38.9. The fourth-order valence-corrected chi connectivity index (χ4v) is 6.15. The van der Waals surface area contributed by atoms with Crippen LogP contribution < -0.4 is 30.7 Å². The molecular weight excluding hydrogens is 775 g/mol. The van der Waals surface area contributed by atoms with Crippen LogP contribution in [0.25, 0.3) is 16.5 Å². The largest absolute Gasteiger partial charge is 0.491 e. The summed E-state index contributed by atoms with van der Waals surface area (Å²) >= 11 is 0. The van der Waals surface area contributed by atoms with Gasteiger partial charge in [0.1, 0.15) is 46.9 Å². The fraction of sp³-hybridized carbons (Fsp3) is 0.244. The van der Waals surface area contributed by atoms with Crippen LogP contribution in [-0.2, 0) is 20.7 Å². The predicted molar refractivity (Wildman–Crippen MR) is 226 cm³/mol. The third-order valence-corrected chi connectivity index (χ3v) is 9.12. The Morgan fingerprint density at radius 1 is 0.767 bits per heavy atom. The molecule has 312 valence electrons. The number of aromatic nitrogens is 2. The Morgan fingerprint density at radius 2 is 1.52 bits per heavy atom. The molecule has 0 bridgehead atoms. The van der Waals surface area contributed by atoms with Crippen molar-refractivity contribution in [1.29, 1.82) is 0 Å². The SMILES string of the molecule is CCCCc1cc(NC(=O)Nc2ccc(Oc3cccc(NC(=O)CNC(=O)c4c(F)cc(OCCOCCOC)cc4F)c3)c3ccccc23)n(-c2ccc(C)cc2)n1. The molecule has 0 atom stereocenters. The lowest BCUT2D eigenvalue weighted by molar-refractivity contribution is -0.115. The smallest absolute Gasteiger partial charge is 0.324 e. The van der Waals surface area contributed by atoms with Crippen molar-refractivity contribution < 1.29 is 42.1 Å². The molecule has 0 radical (unpaired) electrons. The van der Waals surface area contributed by atoms with Crippen molar-refractivity contribution in [2.75, 3.05) is 56.0 Å². The van der Waals surface area contributed by atoms with Crippen LogP contribution in [-0.4, -0.2) is 67.7 Å². The number of carbonyl (C=O) groups excluding carboxylic acids is 3. The first-order chi connectivity index (χ1) is 29.1. The first kappa shape index (κ1) is 42.8. The van der Waals surface area contributed by atoms with Crippen molar-refractivity contribution in [3.8, 4) is 22.9 Å². The molecule has 1 aromatic heterocycles. The third-order valence-electron chi connectivity index (χ3n) is 9.12. The van der Waals surface area contributed by atoms with E-state index < -0.39 is 41.6 Å². The topological polar surface area (TPSA) is 154 Å². The molecule has 0 spiro atoms. The number of ether oxygens (including phenoxy) is 4. The lowest BCUT2D eigenvalue weighted by Crippen LogP contribution is -2.33. The van der Waals surface area contributed by atoms with E-state index in [2.05, 4.69) is 28.2 Å². The second kappa shape index (κ2) is 20.7. The summed E-state index contributed by atoms with van der Waals surface area (Å²) < 4.78 is 52.9. The first-order valence-electron chi connectivity index (χ1n) is 19.4. The Balaban J connectivity index is 1.06. The molecule has 1 heterocycles. The van der Waals surface area contributed by atoms with E-state index in [1.165, 1.54) is 7.11 Å². The molecule has 0 aliphatic heterocycles. The summed E-state index contributed by atoms with van der Waals surface area (Å²) in [5.41, 5.74) is 2.87. The van der Waals surface area contributed by atoms with Gasteiger partial charge in [-0.15, -0.1) is 0 Å². The van der Waals surface area contributed by atoms with E-state index in [1.54, 1.807) is 41.1 Å². The molecule has 0 fully saturated rings. The van der Waals surface area contributed by atoms with Gasteiger partial charge >= 0.3 is 6.03 Å². The maximum atomic E-state index is 14.7. The number of carbonyl (C=O) groups is 3. The van der Waals surface area contributed by atoms with Gasteiger partial charge in [0.15, 0.2) is 0 Å². The minimum absolute atomic E-state index is 0.0334. The number of hydrogen-bond acceptors (Lipinski definition) is 8. The van der Waals surface area contributed by atoms with Crippen LogP contribution >= 0.6 is 0 Å². The molecule has 0 aliphatic rings. The number of halogens is 2. The fourth-order valence-electron chi connectivity index (χ4n) is 6.15. The summed E-state index contributed by atoms with van der Waals surface area (Å²) in [5.74, 6) is -2.76. The summed E-state index contributed by atoms with van der Waals surface area (Å²) in [5, 5.41) is 17.0. The summed E-state index contributed by atoms with van der Waals surface area (Å²) in [7, 11) is 1.53. The van der Waals surface area contributed by atoms with Gasteiger partial charge in [-0.3, -0.25) is 14.9 Å². The molecule has 6 aromatic rings. The molecule has 13 nitrogen and oxygen atoms in total. The summed E-state index contributed by atoms with van der Waals surface area (Å²) in [6, 6.07) is 28.6. The van der Waals surface area contributed by atoms with Gasteiger partial charge in [0.2, 0.25) is 5.91 Å². The standard InChI is InChI=1S/C45H46F2N6O7/c1-4-5-9-31-25-41(53(52-31)32-16-14-29(2)15-17-32)51-45(56)50-39-18-19-40(36-13-7-6-12-35(36)39)60-33-11-8-10-30(24-33)49-42(54)28-48-44(55)43-37(46)26-34(27-38(43)47)59-23-22-58-21-20-57-3/h6-8,10-19,24-27H,4-5,9,20-23,28H2,1-3H3,(H,48,55)(H,49,54)(H2,50,51,56). The van der Waals surface area contributed by atoms with Crippen molar-refractivity contribution in [2.45, 2.75) is 33.1 Å². The molecule has 0 unspecified atom stereocenters. The average Bonchev–Trinajstić information content (AvgIpc) is 3.63. The van der Waals surface area contributed by atoms with Gasteiger partial charge in [-0.2, -0.15) is 5.10 Å². The zero-order valence-electron chi connectivity index (χ0n) is 33.5. The normalized spacial score (nSPS) is 10.9. The lowest BCUT2D eigenvalue weighted by atomic mass is 10.1. The maximum absolute atomic E-state index is 14.7. The molecule has 60 heavy (non-hydrogen) atoms. The Morgan fingerprint density at radius 3 is 2.27 bits per heavy atom. The molecule has 5 aromatic carbocycles. The van der Waals surface area contributed by atoms with E-state index in [-0.39, 0.29) is 19.0 Å². The molecule has 0 aliphatic carbocycles. The zero-order valence-corrected chi connectivity index (χ0v) is 33.5. The van der Waals surface area contributed by atoms with Gasteiger partial charge in [0, 0.05) is 47.8 Å². The number of urea groups is 1. The van der Waals surface area contributed by atoms with Crippen LogP contribution in [0.4, 0.5) is 30.8 Å². The predicted octanol–water partition coefficient (Wildman–Crippen LogP) is 8.80. The number of hydrogen-bond donors (Lipinski definition) is 4. The molecule has 4 N–H and O–H groups in total. The number of anilines is 3. The van der Waals surface area contributed by atoms with Crippen LogP contribution in [0.2, 0.25) is 0 Å². The van der Waals surface area contributed by atoms with Gasteiger partial charge < -0.3 is 34.9 Å². The van der Waals surface area contributed by atoms with Gasteiger partial charge in [-0.25, -0.2) is 18.3 Å². The molecular formula is C45H46F2N6O7. The number of benzene rings is 5. The van der Waals surface area contributed by atoms with Gasteiger partial charge in [-0.05, 0) is 56.2 Å². The Bertz CT molecular complexity index is 2420. The number of amides is 4. The number of nitrogens with zero attached hydrogens (tertiary/aromatic N) is 2. The molecule has 6 rings (SSSR count). The van der Waals surface area contributed by atoms with Crippen LogP contribution in [0.1, 0.15) is 41.4 Å². The number of fused-ring (bicyclic) bond motifs is 1. The van der Waals surface area contributed by atoms with E-state index in [1.807, 2.05) is 61.5 Å². The van der Waals surface area contributed by atoms with Gasteiger partial charge in [0.25, 0.3) is 5.91 Å². The van der Waals surface area contributed by atoms with Crippen molar-refractivity contribution in [1.82, 2.24) is 15.1 Å². The third kappa shape index (κ3) is 11.4. The number of rotatable bonds is 19. The molecule has 4 amide bonds. The maximum Gasteiger partial charge on any atom is 0.324 e. The molecule has 0 saturated heterocycles. The Hall–Kier alpha value is -6.84. The zero-order chi connectivity index (χ0) is 42.4. The van der Waals surface area contributed by atoms with Crippen molar-refractivity contribution in [3.63, 3.8) is 0 Å². The second-order valence-electron chi connectivity index (χ2n) is 13.7. The second-order valence-corrected chi connectivity index (χ2v) is 13.7. The minimum atomic E-state index is -1.15. The van der Waals surface area contributed by atoms with Crippen LogP contribution in [0.5, 0.6) is 17.2 Å². The van der Waals surface area contributed by atoms with Gasteiger partial charge in [0.05, 0.1) is 43.4 Å². The highest BCUT2D eigenvalue weighted by atomic mass is 19.1. The minimum Gasteiger partial charge on any atom is -0.491 e. The van der Waals surface area contributed by atoms with Crippen molar-refractivity contribution in [3.05, 3.63) is 132 Å². The van der Waals surface area contributed by atoms with E-state index in [0.717, 1.165) is 53.7 Å². The van der Waals surface area contributed by atoms with Crippen LogP contribution in [0, 0.1) is 18.6 Å². The first-order valence-corrected chi connectivity index (χ1v) is 19.4. The van der Waals surface area contributed by atoms with E-state index in [0.29, 0.717) is 47.3 Å². The number of nitrogens with one attached hydrogen (secondary N) is 4.